The summed E-state index contributed by atoms with van der Waals surface area (Å²) in [6.45, 7) is 3.58. The summed E-state index contributed by atoms with van der Waals surface area (Å²) < 4.78 is 1.86. The number of fused-ring (bicyclic) bond motifs is 1. The van der Waals surface area contributed by atoms with Gasteiger partial charge < -0.3 is 9.80 Å². The molecule has 130 valence electrons. The molecule has 0 radical (unpaired) electrons. The van der Waals surface area contributed by atoms with E-state index in [9.17, 15) is 0 Å². The van der Waals surface area contributed by atoms with Crippen molar-refractivity contribution in [3.05, 3.63) is 54.3 Å². The highest BCUT2D eigenvalue weighted by Crippen LogP contribution is 2.24. The Hall–Kier alpha value is -3.00. The zero-order valence-electron chi connectivity index (χ0n) is 14.1. The maximum Gasteiger partial charge on any atom is 0.154 e. The van der Waals surface area contributed by atoms with Gasteiger partial charge in [-0.3, -0.25) is 0 Å². The molecule has 0 aliphatic carbocycles. The van der Waals surface area contributed by atoms with E-state index in [-0.39, 0.29) is 0 Å². The molecule has 0 saturated carbocycles. The summed E-state index contributed by atoms with van der Waals surface area (Å²) in [6.07, 6.45) is 5.48. The molecule has 0 bridgehead atoms. The van der Waals surface area contributed by atoms with E-state index in [1.807, 2.05) is 29.0 Å². The summed E-state index contributed by atoms with van der Waals surface area (Å²) in [4.78, 5) is 10.3. The van der Waals surface area contributed by atoms with E-state index in [4.69, 9.17) is 0 Å². The molecule has 0 aromatic carbocycles. The Kier molecular flexibility index (Phi) is 3.75. The first-order valence-electron chi connectivity index (χ1n) is 8.54. The second-order valence-electron chi connectivity index (χ2n) is 6.14. The summed E-state index contributed by atoms with van der Waals surface area (Å²) in [5, 5.41) is 15.2. The molecule has 8 heteroatoms. The minimum absolute atomic E-state index is 0.893. The summed E-state index contributed by atoms with van der Waals surface area (Å²) >= 11 is 1.68. The maximum atomic E-state index is 4.56. The largest absolute Gasteiger partial charge is 0.352 e. The van der Waals surface area contributed by atoms with Crippen molar-refractivity contribution >= 4 is 28.5 Å². The summed E-state index contributed by atoms with van der Waals surface area (Å²) in [5.74, 6) is 1.92. The van der Waals surface area contributed by atoms with Crippen molar-refractivity contribution in [2.75, 3.05) is 36.0 Å². The molecule has 4 aromatic heterocycles. The highest BCUT2D eigenvalue weighted by atomic mass is 32.1. The van der Waals surface area contributed by atoms with Gasteiger partial charge in [0.25, 0.3) is 0 Å². The fraction of sp³-hybridized carbons (Fsp3) is 0.222. The third-order valence-electron chi connectivity index (χ3n) is 4.63. The molecule has 5 heterocycles. The van der Waals surface area contributed by atoms with E-state index in [1.54, 1.807) is 17.5 Å². The fourth-order valence-corrected chi connectivity index (χ4v) is 3.97. The van der Waals surface area contributed by atoms with Gasteiger partial charge in [-0.2, -0.15) is 5.10 Å². The van der Waals surface area contributed by atoms with Crippen molar-refractivity contribution in [1.29, 1.82) is 0 Å². The van der Waals surface area contributed by atoms with Gasteiger partial charge in [0.2, 0.25) is 0 Å². The van der Waals surface area contributed by atoms with E-state index in [1.165, 1.54) is 0 Å². The SMILES string of the molecule is c1csc(-c2ccc(N3CCN(c4nccn5nccc45)CC3)nn2)c1. The number of hydrogen-bond acceptors (Lipinski definition) is 7. The van der Waals surface area contributed by atoms with E-state index in [2.05, 4.69) is 53.7 Å². The number of hydrogen-bond donors (Lipinski definition) is 0. The molecule has 0 amide bonds. The van der Waals surface area contributed by atoms with Crippen molar-refractivity contribution < 1.29 is 0 Å². The van der Waals surface area contributed by atoms with Crippen molar-refractivity contribution in [2.24, 2.45) is 0 Å². The Morgan fingerprint density at radius 1 is 0.885 bits per heavy atom. The molecule has 1 saturated heterocycles. The third-order valence-corrected chi connectivity index (χ3v) is 5.52. The number of thiophene rings is 1. The molecule has 0 atom stereocenters. The molecule has 26 heavy (non-hydrogen) atoms. The third kappa shape index (κ3) is 2.68. The van der Waals surface area contributed by atoms with E-state index in [0.29, 0.717) is 0 Å². The van der Waals surface area contributed by atoms with Crippen LogP contribution in [0.3, 0.4) is 0 Å². The second-order valence-corrected chi connectivity index (χ2v) is 7.09. The molecule has 4 aromatic rings. The van der Waals surface area contributed by atoms with Crippen molar-refractivity contribution in [1.82, 2.24) is 24.8 Å². The zero-order valence-corrected chi connectivity index (χ0v) is 14.9. The molecule has 0 spiro atoms. The summed E-state index contributed by atoms with van der Waals surface area (Å²) in [7, 11) is 0. The van der Waals surface area contributed by atoms with Gasteiger partial charge in [0.1, 0.15) is 11.2 Å². The van der Waals surface area contributed by atoms with Crippen LogP contribution in [0.15, 0.2) is 54.3 Å². The van der Waals surface area contributed by atoms with Crippen LogP contribution in [0.1, 0.15) is 0 Å². The van der Waals surface area contributed by atoms with Crippen LogP contribution in [0.2, 0.25) is 0 Å². The summed E-state index contributed by atoms with van der Waals surface area (Å²) in [6, 6.07) is 10.2. The Morgan fingerprint density at radius 3 is 2.54 bits per heavy atom. The molecular weight excluding hydrogens is 346 g/mol. The number of anilines is 2. The topological polar surface area (TPSA) is 62.5 Å². The van der Waals surface area contributed by atoms with Crippen LogP contribution in [0, 0.1) is 0 Å². The molecule has 1 fully saturated rings. The van der Waals surface area contributed by atoms with Crippen LogP contribution < -0.4 is 9.80 Å². The summed E-state index contributed by atoms with van der Waals surface area (Å²) in [5.41, 5.74) is 1.97. The Morgan fingerprint density at radius 2 is 1.77 bits per heavy atom. The van der Waals surface area contributed by atoms with Crippen molar-refractivity contribution in [3.8, 4) is 10.6 Å². The monoisotopic (exact) mass is 363 g/mol. The first-order chi connectivity index (χ1) is 12.9. The van der Waals surface area contributed by atoms with Crippen molar-refractivity contribution in [2.45, 2.75) is 0 Å². The lowest BCUT2D eigenvalue weighted by molar-refractivity contribution is 0.638. The molecule has 7 nitrogen and oxygen atoms in total. The minimum atomic E-state index is 0.893. The predicted octanol–water partition coefficient (Wildman–Crippen LogP) is 2.57. The van der Waals surface area contributed by atoms with E-state index < -0.39 is 0 Å². The van der Waals surface area contributed by atoms with E-state index >= 15 is 0 Å². The predicted molar refractivity (Wildman–Crippen MR) is 103 cm³/mol. The molecule has 1 aliphatic heterocycles. The first-order valence-corrected chi connectivity index (χ1v) is 9.42. The van der Waals surface area contributed by atoms with Crippen molar-refractivity contribution in [3.63, 3.8) is 0 Å². The Bertz CT molecular complexity index is 1000. The maximum absolute atomic E-state index is 4.56. The molecule has 0 N–H and O–H groups in total. The van der Waals surface area contributed by atoms with Gasteiger partial charge in [-0.05, 0) is 29.6 Å². The first kappa shape index (κ1) is 15.3. The van der Waals surface area contributed by atoms with Gasteiger partial charge in [-0.15, -0.1) is 21.5 Å². The van der Waals surface area contributed by atoms with Crippen LogP contribution >= 0.6 is 11.3 Å². The average molecular weight is 363 g/mol. The zero-order chi connectivity index (χ0) is 17.3. The number of rotatable bonds is 3. The van der Waals surface area contributed by atoms with Gasteiger partial charge >= 0.3 is 0 Å². The smallest absolute Gasteiger partial charge is 0.154 e. The van der Waals surface area contributed by atoms with Crippen LogP contribution in [0.5, 0.6) is 0 Å². The standard InChI is InChI=1S/C18H17N7S/c1-2-16(26-13-1)14-3-4-17(22-21-14)23-9-11-24(12-10-23)18-15-5-6-20-25(15)8-7-19-18/h1-8,13H,9-12H2. The van der Waals surface area contributed by atoms with E-state index in [0.717, 1.165) is 53.9 Å². The Balaban J connectivity index is 1.30. The molecular formula is C18H17N7S. The average Bonchev–Trinajstić information content (AvgIpc) is 3.40. The fourth-order valence-electron chi connectivity index (χ4n) is 3.28. The lowest BCUT2D eigenvalue weighted by Crippen LogP contribution is -2.47. The van der Waals surface area contributed by atoms with Crippen LogP contribution in [0.25, 0.3) is 16.1 Å². The minimum Gasteiger partial charge on any atom is -0.352 e. The number of aromatic nitrogens is 5. The molecule has 5 rings (SSSR count). The highest BCUT2D eigenvalue weighted by molar-refractivity contribution is 7.13. The van der Waals surface area contributed by atoms with Crippen LogP contribution in [-0.4, -0.2) is 51.0 Å². The molecule has 1 aliphatic rings. The number of piperazine rings is 1. The highest BCUT2D eigenvalue weighted by Gasteiger charge is 2.21. The lowest BCUT2D eigenvalue weighted by Gasteiger charge is -2.35. The number of nitrogens with zero attached hydrogens (tertiary/aromatic N) is 7. The Labute approximate surface area is 154 Å². The van der Waals surface area contributed by atoms with Crippen LogP contribution in [0.4, 0.5) is 11.6 Å². The quantitative estimate of drug-likeness (QED) is 0.557. The van der Waals surface area contributed by atoms with Crippen LogP contribution in [-0.2, 0) is 0 Å². The lowest BCUT2D eigenvalue weighted by atomic mass is 10.2. The second kappa shape index (κ2) is 6.38. The van der Waals surface area contributed by atoms with Gasteiger partial charge in [0.15, 0.2) is 11.6 Å². The van der Waals surface area contributed by atoms with Gasteiger partial charge in [-0.25, -0.2) is 9.50 Å². The van der Waals surface area contributed by atoms with Gasteiger partial charge in [-0.1, -0.05) is 6.07 Å². The normalized spacial score (nSPS) is 14.9. The molecule has 0 unspecified atom stereocenters. The van der Waals surface area contributed by atoms with Gasteiger partial charge in [0, 0.05) is 38.6 Å². The van der Waals surface area contributed by atoms with Gasteiger partial charge in [0.05, 0.1) is 11.1 Å².